The molecule has 2 N–H and O–H groups in total. The van der Waals surface area contributed by atoms with Gasteiger partial charge in [0.2, 0.25) is 5.90 Å². The Bertz CT molecular complexity index is 540. The SMILES string of the molecule is O=C(O)C1CCC2N=C(c3ccccc3O)OC2C1. The highest BCUT2D eigenvalue weighted by Gasteiger charge is 2.40. The van der Waals surface area contributed by atoms with Gasteiger partial charge in [-0.05, 0) is 31.4 Å². The number of carboxylic acid groups (broad SMARTS) is 1. The van der Waals surface area contributed by atoms with Gasteiger partial charge in [-0.3, -0.25) is 4.79 Å². The topological polar surface area (TPSA) is 79.1 Å². The van der Waals surface area contributed by atoms with E-state index in [-0.39, 0.29) is 23.8 Å². The quantitative estimate of drug-likeness (QED) is 0.850. The van der Waals surface area contributed by atoms with Crippen LogP contribution in [0.5, 0.6) is 5.75 Å². The zero-order valence-electron chi connectivity index (χ0n) is 10.3. The number of para-hydroxylation sites is 1. The molecular formula is C14H15NO4. The summed E-state index contributed by atoms with van der Waals surface area (Å²) in [5, 5.41) is 18.8. The second kappa shape index (κ2) is 4.57. The molecule has 0 radical (unpaired) electrons. The minimum absolute atomic E-state index is 0.0187. The van der Waals surface area contributed by atoms with Crippen LogP contribution in [-0.4, -0.2) is 34.2 Å². The largest absolute Gasteiger partial charge is 0.507 e. The Kier molecular flexibility index (Phi) is 2.89. The third kappa shape index (κ3) is 2.16. The van der Waals surface area contributed by atoms with Crippen molar-refractivity contribution in [3.8, 4) is 5.75 Å². The smallest absolute Gasteiger partial charge is 0.306 e. The number of aliphatic carboxylic acids is 1. The standard InChI is InChI=1S/C14H15NO4/c16-11-4-2-1-3-9(11)13-15-10-6-5-8(14(17)18)7-12(10)19-13/h1-4,8,10,12,16H,5-7H2,(H,17,18). The van der Waals surface area contributed by atoms with Crippen LogP contribution in [0.2, 0.25) is 0 Å². The van der Waals surface area contributed by atoms with E-state index in [9.17, 15) is 9.90 Å². The fourth-order valence-corrected chi connectivity index (χ4v) is 2.72. The number of ether oxygens (including phenoxy) is 1. The summed E-state index contributed by atoms with van der Waals surface area (Å²) in [5.74, 6) is -0.549. The van der Waals surface area contributed by atoms with Gasteiger partial charge in [-0.1, -0.05) is 12.1 Å². The highest BCUT2D eigenvalue weighted by atomic mass is 16.5. The molecule has 1 aromatic carbocycles. The average Bonchev–Trinajstić information content (AvgIpc) is 2.81. The van der Waals surface area contributed by atoms with E-state index in [0.717, 1.165) is 6.42 Å². The molecule has 1 fully saturated rings. The third-order valence-electron chi connectivity index (χ3n) is 3.79. The fourth-order valence-electron chi connectivity index (χ4n) is 2.72. The van der Waals surface area contributed by atoms with Crippen molar-refractivity contribution < 1.29 is 19.7 Å². The van der Waals surface area contributed by atoms with Crippen molar-refractivity contribution in [1.82, 2.24) is 0 Å². The van der Waals surface area contributed by atoms with E-state index in [2.05, 4.69) is 4.99 Å². The Labute approximate surface area is 110 Å². The molecule has 0 amide bonds. The molecule has 100 valence electrons. The minimum Gasteiger partial charge on any atom is -0.507 e. The van der Waals surface area contributed by atoms with E-state index in [1.165, 1.54) is 0 Å². The van der Waals surface area contributed by atoms with Gasteiger partial charge in [0.05, 0.1) is 17.5 Å². The van der Waals surface area contributed by atoms with Gasteiger partial charge in [-0.2, -0.15) is 0 Å². The maximum absolute atomic E-state index is 11.0. The first-order valence-corrected chi connectivity index (χ1v) is 6.41. The molecule has 19 heavy (non-hydrogen) atoms. The molecule has 1 aliphatic heterocycles. The summed E-state index contributed by atoms with van der Waals surface area (Å²) in [6, 6.07) is 6.90. The number of carbonyl (C=O) groups is 1. The zero-order valence-corrected chi connectivity index (χ0v) is 10.3. The molecule has 0 saturated heterocycles. The van der Waals surface area contributed by atoms with E-state index < -0.39 is 5.97 Å². The Morgan fingerprint density at radius 2 is 2.11 bits per heavy atom. The van der Waals surface area contributed by atoms with Gasteiger partial charge in [-0.15, -0.1) is 0 Å². The Morgan fingerprint density at radius 3 is 2.84 bits per heavy atom. The van der Waals surface area contributed by atoms with E-state index in [1.54, 1.807) is 18.2 Å². The van der Waals surface area contributed by atoms with Gasteiger partial charge in [-0.25, -0.2) is 4.99 Å². The van der Waals surface area contributed by atoms with Crippen molar-refractivity contribution in [3.05, 3.63) is 29.8 Å². The van der Waals surface area contributed by atoms with E-state index in [4.69, 9.17) is 9.84 Å². The van der Waals surface area contributed by atoms with Crippen LogP contribution < -0.4 is 0 Å². The lowest BCUT2D eigenvalue weighted by Crippen LogP contribution is -2.34. The summed E-state index contributed by atoms with van der Waals surface area (Å²) < 4.78 is 5.74. The molecule has 3 rings (SSSR count). The first kappa shape index (κ1) is 12.0. The van der Waals surface area contributed by atoms with Crippen molar-refractivity contribution in [1.29, 1.82) is 0 Å². The van der Waals surface area contributed by atoms with Crippen LogP contribution in [0.25, 0.3) is 0 Å². The van der Waals surface area contributed by atoms with Gasteiger partial charge in [0.25, 0.3) is 0 Å². The number of carboxylic acids is 1. The summed E-state index contributed by atoms with van der Waals surface area (Å²) in [5.41, 5.74) is 0.573. The number of hydrogen-bond acceptors (Lipinski definition) is 4. The number of aliphatic imine (C=N–C) groups is 1. The maximum Gasteiger partial charge on any atom is 0.306 e. The van der Waals surface area contributed by atoms with E-state index in [0.29, 0.717) is 24.3 Å². The Morgan fingerprint density at radius 1 is 1.32 bits per heavy atom. The predicted octanol–water partition coefficient (Wildman–Crippen LogP) is 1.79. The number of nitrogens with zero attached hydrogens (tertiary/aromatic N) is 1. The molecule has 1 aromatic rings. The van der Waals surface area contributed by atoms with Crippen molar-refractivity contribution >= 4 is 11.9 Å². The summed E-state index contributed by atoms with van der Waals surface area (Å²) in [4.78, 5) is 15.5. The Hall–Kier alpha value is -2.04. The van der Waals surface area contributed by atoms with Gasteiger partial charge in [0, 0.05) is 0 Å². The molecule has 5 nitrogen and oxygen atoms in total. The van der Waals surface area contributed by atoms with Crippen LogP contribution in [0, 0.1) is 5.92 Å². The normalized spacial score (nSPS) is 29.3. The molecule has 0 bridgehead atoms. The number of benzene rings is 1. The number of hydrogen-bond donors (Lipinski definition) is 2. The minimum atomic E-state index is -0.766. The lowest BCUT2D eigenvalue weighted by molar-refractivity contribution is -0.143. The van der Waals surface area contributed by atoms with Gasteiger partial charge in [0.15, 0.2) is 0 Å². The molecule has 1 heterocycles. The molecule has 0 aromatic heterocycles. The second-order valence-electron chi connectivity index (χ2n) is 5.02. The third-order valence-corrected chi connectivity index (χ3v) is 3.79. The van der Waals surface area contributed by atoms with Crippen LogP contribution in [0.4, 0.5) is 0 Å². The molecule has 3 atom stereocenters. The number of fused-ring (bicyclic) bond motifs is 1. The molecular weight excluding hydrogens is 246 g/mol. The first-order chi connectivity index (χ1) is 9.15. The van der Waals surface area contributed by atoms with E-state index >= 15 is 0 Å². The highest BCUT2D eigenvalue weighted by molar-refractivity contribution is 5.97. The predicted molar refractivity (Wildman–Crippen MR) is 68.3 cm³/mol. The van der Waals surface area contributed by atoms with Crippen LogP contribution in [0.15, 0.2) is 29.3 Å². The summed E-state index contributed by atoms with van der Waals surface area (Å²) in [6.45, 7) is 0. The van der Waals surface area contributed by atoms with E-state index in [1.807, 2.05) is 6.07 Å². The van der Waals surface area contributed by atoms with Gasteiger partial charge in [0.1, 0.15) is 11.9 Å². The van der Waals surface area contributed by atoms with Crippen LogP contribution in [-0.2, 0) is 9.53 Å². The molecule has 1 saturated carbocycles. The van der Waals surface area contributed by atoms with Crippen LogP contribution >= 0.6 is 0 Å². The van der Waals surface area contributed by atoms with Gasteiger partial charge < -0.3 is 14.9 Å². The highest BCUT2D eigenvalue weighted by Crippen LogP contribution is 2.34. The molecule has 1 aliphatic carbocycles. The fraction of sp³-hybridized carbons (Fsp3) is 0.429. The van der Waals surface area contributed by atoms with Crippen LogP contribution in [0.3, 0.4) is 0 Å². The average molecular weight is 261 g/mol. The number of phenolic OH excluding ortho intramolecular Hbond substituents is 1. The monoisotopic (exact) mass is 261 g/mol. The first-order valence-electron chi connectivity index (χ1n) is 6.41. The van der Waals surface area contributed by atoms with Crippen LogP contribution in [0.1, 0.15) is 24.8 Å². The summed E-state index contributed by atoms with van der Waals surface area (Å²) in [7, 11) is 0. The van der Waals surface area contributed by atoms with Crippen molar-refractivity contribution in [2.24, 2.45) is 10.9 Å². The Balaban J connectivity index is 1.79. The van der Waals surface area contributed by atoms with Crippen molar-refractivity contribution in [3.63, 3.8) is 0 Å². The molecule has 3 unspecified atom stereocenters. The lowest BCUT2D eigenvalue weighted by atomic mass is 9.84. The number of rotatable bonds is 2. The molecule has 0 spiro atoms. The maximum atomic E-state index is 11.0. The number of phenols is 1. The number of aromatic hydroxyl groups is 1. The molecule has 2 aliphatic rings. The lowest BCUT2D eigenvalue weighted by Gasteiger charge is -2.26. The summed E-state index contributed by atoms with van der Waals surface area (Å²) in [6.07, 6.45) is 1.67. The van der Waals surface area contributed by atoms with Gasteiger partial charge >= 0.3 is 5.97 Å². The summed E-state index contributed by atoms with van der Waals surface area (Å²) >= 11 is 0. The van der Waals surface area contributed by atoms with Crippen molar-refractivity contribution in [2.75, 3.05) is 0 Å². The second-order valence-corrected chi connectivity index (χ2v) is 5.02. The molecule has 5 heteroatoms. The zero-order chi connectivity index (χ0) is 13.4. The van der Waals surface area contributed by atoms with Crippen molar-refractivity contribution in [2.45, 2.75) is 31.4 Å².